The molecule has 0 bridgehead atoms. The lowest BCUT2D eigenvalue weighted by atomic mass is 10.1. The molecule has 1 unspecified atom stereocenters. The molecule has 1 N–H and O–H groups in total. The first-order chi connectivity index (χ1) is 9.47. The van der Waals surface area contributed by atoms with E-state index in [0.717, 1.165) is 23.5 Å². The van der Waals surface area contributed by atoms with Crippen LogP contribution in [0.5, 0.6) is 0 Å². The third-order valence-electron chi connectivity index (χ3n) is 3.66. The summed E-state index contributed by atoms with van der Waals surface area (Å²) in [7, 11) is 0. The lowest BCUT2D eigenvalue weighted by Gasteiger charge is -2.13. The van der Waals surface area contributed by atoms with Gasteiger partial charge in [0, 0.05) is 37.9 Å². The van der Waals surface area contributed by atoms with Crippen LogP contribution in [0.1, 0.15) is 28.9 Å². The first-order valence-corrected chi connectivity index (χ1v) is 7.75. The lowest BCUT2D eigenvalue weighted by molar-refractivity contribution is -0.128. The summed E-state index contributed by atoms with van der Waals surface area (Å²) in [4.78, 5) is 30.6. The van der Waals surface area contributed by atoms with Crippen LogP contribution in [0.25, 0.3) is 0 Å². The van der Waals surface area contributed by atoms with Gasteiger partial charge in [-0.3, -0.25) is 9.59 Å². The van der Waals surface area contributed by atoms with Crippen LogP contribution < -0.4 is 5.32 Å². The van der Waals surface area contributed by atoms with Crippen LogP contribution in [0.2, 0.25) is 0 Å². The number of carbonyl (C=O) groups is 2. The second-order valence-electron chi connectivity index (χ2n) is 5.23. The van der Waals surface area contributed by atoms with E-state index in [4.69, 9.17) is 0 Å². The molecular weight excluding hydrogens is 274 g/mol. The van der Waals surface area contributed by atoms with Gasteiger partial charge in [-0.25, -0.2) is 4.98 Å². The standard InChI is InChI=1S/C14H21N3O2S/c1-9-13(20-10(2)16-9)4-6-15-14(19)12-5-7-17(8-12)11(3)18/h12H,4-8H2,1-3H3,(H,15,19). The Morgan fingerprint density at radius 3 is 2.75 bits per heavy atom. The summed E-state index contributed by atoms with van der Waals surface area (Å²) in [5.41, 5.74) is 1.06. The second-order valence-corrected chi connectivity index (χ2v) is 6.52. The molecule has 0 spiro atoms. The molecule has 110 valence electrons. The molecule has 1 atom stereocenters. The number of hydrogen-bond donors (Lipinski definition) is 1. The largest absolute Gasteiger partial charge is 0.355 e. The van der Waals surface area contributed by atoms with Crippen molar-refractivity contribution in [1.29, 1.82) is 0 Å². The van der Waals surface area contributed by atoms with Crippen molar-refractivity contribution in [1.82, 2.24) is 15.2 Å². The number of aryl methyl sites for hydroxylation is 2. The summed E-state index contributed by atoms with van der Waals surface area (Å²) < 4.78 is 0. The van der Waals surface area contributed by atoms with Crippen molar-refractivity contribution in [3.63, 3.8) is 0 Å². The van der Waals surface area contributed by atoms with E-state index in [1.807, 2.05) is 13.8 Å². The fraction of sp³-hybridized carbons (Fsp3) is 0.643. The first kappa shape index (κ1) is 15.0. The number of rotatable bonds is 4. The molecule has 2 heterocycles. The van der Waals surface area contributed by atoms with Gasteiger partial charge in [0.25, 0.3) is 0 Å². The Kier molecular flexibility index (Phi) is 4.75. The quantitative estimate of drug-likeness (QED) is 0.910. The number of likely N-dealkylation sites (tertiary alicyclic amines) is 1. The van der Waals surface area contributed by atoms with E-state index >= 15 is 0 Å². The number of nitrogens with one attached hydrogen (secondary N) is 1. The van der Waals surface area contributed by atoms with Gasteiger partial charge < -0.3 is 10.2 Å². The minimum atomic E-state index is -0.0526. The highest BCUT2D eigenvalue weighted by Crippen LogP contribution is 2.18. The maximum Gasteiger partial charge on any atom is 0.224 e. The van der Waals surface area contributed by atoms with E-state index in [1.54, 1.807) is 23.2 Å². The molecule has 1 aliphatic heterocycles. The smallest absolute Gasteiger partial charge is 0.224 e. The van der Waals surface area contributed by atoms with Crippen LogP contribution in [-0.2, 0) is 16.0 Å². The predicted octanol–water partition coefficient (Wildman–Crippen LogP) is 1.29. The summed E-state index contributed by atoms with van der Waals surface area (Å²) in [6, 6.07) is 0. The van der Waals surface area contributed by atoms with Gasteiger partial charge in [-0.1, -0.05) is 0 Å². The molecule has 2 rings (SSSR count). The fourth-order valence-corrected chi connectivity index (χ4v) is 3.45. The normalized spacial score (nSPS) is 18.4. The van der Waals surface area contributed by atoms with Crippen LogP contribution >= 0.6 is 11.3 Å². The highest BCUT2D eigenvalue weighted by atomic mass is 32.1. The molecule has 2 amide bonds. The Morgan fingerprint density at radius 2 is 2.20 bits per heavy atom. The van der Waals surface area contributed by atoms with Crippen LogP contribution in [-0.4, -0.2) is 41.3 Å². The molecule has 5 nitrogen and oxygen atoms in total. The van der Waals surface area contributed by atoms with E-state index in [0.29, 0.717) is 19.6 Å². The highest BCUT2D eigenvalue weighted by molar-refractivity contribution is 7.11. The average molecular weight is 295 g/mol. The van der Waals surface area contributed by atoms with E-state index in [2.05, 4.69) is 10.3 Å². The molecule has 1 aliphatic rings. The van der Waals surface area contributed by atoms with Gasteiger partial charge in [-0.15, -0.1) is 11.3 Å². The predicted molar refractivity (Wildman–Crippen MR) is 78.7 cm³/mol. The molecule has 0 aromatic carbocycles. The molecule has 0 saturated carbocycles. The zero-order chi connectivity index (χ0) is 14.7. The van der Waals surface area contributed by atoms with E-state index in [9.17, 15) is 9.59 Å². The molecule has 1 aromatic heterocycles. The molecule has 1 fully saturated rings. The Bertz CT molecular complexity index is 513. The Morgan fingerprint density at radius 1 is 1.45 bits per heavy atom. The number of carbonyl (C=O) groups excluding carboxylic acids is 2. The SMILES string of the molecule is CC(=O)N1CCC(C(=O)NCCc2sc(C)nc2C)C1. The van der Waals surface area contributed by atoms with Crippen molar-refractivity contribution in [3.8, 4) is 0 Å². The van der Waals surface area contributed by atoms with Gasteiger partial charge >= 0.3 is 0 Å². The van der Waals surface area contributed by atoms with Crippen molar-refractivity contribution in [2.45, 2.75) is 33.6 Å². The zero-order valence-electron chi connectivity index (χ0n) is 12.2. The Labute approximate surface area is 123 Å². The Hall–Kier alpha value is -1.43. The van der Waals surface area contributed by atoms with Gasteiger partial charge in [-0.05, 0) is 20.3 Å². The van der Waals surface area contributed by atoms with Crippen LogP contribution in [0, 0.1) is 19.8 Å². The van der Waals surface area contributed by atoms with Gasteiger partial charge in [0.1, 0.15) is 0 Å². The summed E-state index contributed by atoms with van der Waals surface area (Å²) >= 11 is 1.69. The van der Waals surface area contributed by atoms with Crippen molar-refractivity contribution in [3.05, 3.63) is 15.6 Å². The maximum atomic E-state index is 12.0. The molecule has 0 radical (unpaired) electrons. The number of amides is 2. The fourth-order valence-electron chi connectivity index (χ4n) is 2.51. The minimum absolute atomic E-state index is 0.0519. The monoisotopic (exact) mass is 295 g/mol. The summed E-state index contributed by atoms with van der Waals surface area (Å²) in [5, 5.41) is 4.04. The van der Waals surface area contributed by atoms with E-state index in [-0.39, 0.29) is 17.7 Å². The van der Waals surface area contributed by atoms with Crippen LogP contribution in [0.4, 0.5) is 0 Å². The van der Waals surface area contributed by atoms with Gasteiger partial charge in [-0.2, -0.15) is 0 Å². The lowest BCUT2D eigenvalue weighted by Crippen LogP contribution is -2.34. The third kappa shape index (κ3) is 3.56. The first-order valence-electron chi connectivity index (χ1n) is 6.93. The minimum Gasteiger partial charge on any atom is -0.355 e. The summed E-state index contributed by atoms with van der Waals surface area (Å²) in [6.45, 7) is 7.43. The molecule has 1 saturated heterocycles. The number of nitrogens with zero attached hydrogens (tertiary/aromatic N) is 2. The average Bonchev–Trinajstić information content (AvgIpc) is 2.97. The van der Waals surface area contributed by atoms with Gasteiger partial charge in [0.15, 0.2) is 0 Å². The van der Waals surface area contributed by atoms with Gasteiger partial charge in [0.2, 0.25) is 11.8 Å². The van der Waals surface area contributed by atoms with Crippen molar-refractivity contribution < 1.29 is 9.59 Å². The van der Waals surface area contributed by atoms with Crippen molar-refractivity contribution >= 4 is 23.2 Å². The summed E-state index contributed by atoms with van der Waals surface area (Å²) in [5.74, 6) is 0.0619. The van der Waals surface area contributed by atoms with Gasteiger partial charge in [0.05, 0.1) is 16.6 Å². The van der Waals surface area contributed by atoms with Crippen molar-refractivity contribution in [2.24, 2.45) is 5.92 Å². The van der Waals surface area contributed by atoms with E-state index < -0.39 is 0 Å². The summed E-state index contributed by atoms with van der Waals surface area (Å²) in [6.07, 6.45) is 1.59. The number of hydrogen-bond acceptors (Lipinski definition) is 4. The Balaban J connectivity index is 1.76. The zero-order valence-corrected chi connectivity index (χ0v) is 13.0. The number of aromatic nitrogens is 1. The molecular formula is C14H21N3O2S. The van der Waals surface area contributed by atoms with Crippen LogP contribution in [0.3, 0.4) is 0 Å². The highest BCUT2D eigenvalue weighted by Gasteiger charge is 2.29. The number of thiazole rings is 1. The molecule has 0 aliphatic carbocycles. The van der Waals surface area contributed by atoms with Crippen molar-refractivity contribution in [2.75, 3.05) is 19.6 Å². The van der Waals surface area contributed by atoms with E-state index in [1.165, 1.54) is 4.88 Å². The molecule has 1 aromatic rings. The topological polar surface area (TPSA) is 62.3 Å². The maximum absolute atomic E-state index is 12.0. The second kappa shape index (κ2) is 6.35. The molecule has 6 heteroatoms. The molecule has 20 heavy (non-hydrogen) atoms. The third-order valence-corrected chi connectivity index (χ3v) is 4.79. The van der Waals surface area contributed by atoms with Crippen LogP contribution in [0.15, 0.2) is 0 Å².